The van der Waals surface area contributed by atoms with Crippen molar-refractivity contribution >= 4 is 46.4 Å². The molecule has 0 saturated carbocycles. The fourth-order valence-corrected chi connectivity index (χ4v) is 4.12. The molecule has 172 valence electrons. The van der Waals surface area contributed by atoms with Gasteiger partial charge in [-0.3, -0.25) is 14.2 Å². The number of carbonyl (C=O) groups excluding carboxylic acids is 1. The molecule has 3 aromatic carbocycles. The van der Waals surface area contributed by atoms with Crippen molar-refractivity contribution in [1.29, 1.82) is 0 Å². The largest absolute Gasteiger partial charge is 0.494 e. The van der Waals surface area contributed by atoms with Gasteiger partial charge >= 0.3 is 0 Å². The number of hydrazone groups is 1. The summed E-state index contributed by atoms with van der Waals surface area (Å²) in [6.45, 7) is 2.52. The van der Waals surface area contributed by atoms with Gasteiger partial charge in [-0.2, -0.15) is 5.10 Å². The standard InChI is InChI=1S/C25H21ClN4O3S/c1-2-33-20-13-7-17(8-14-20)15-27-29-23(31)16-34-25-28-22-6-4-3-5-21(22)24(32)30(25)19-11-9-18(26)10-12-19/h3-15H,2,16H2,1H3,(H,29,31)/b27-15+. The molecule has 0 fully saturated rings. The maximum absolute atomic E-state index is 13.2. The van der Waals surface area contributed by atoms with Crippen LogP contribution in [-0.2, 0) is 4.79 Å². The van der Waals surface area contributed by atoms with E-state index in [0.717, 1.165) is 23.1 Å². The maximum atomic E-state index is 13.2. The predicted octanol–water partition coefficient (Wildman–Crippen LogP) is 4.68. The number of amides is 1. The molecule has 7 nitrogen and oxygen atoms in total. The van der Waals surface area contributed by atoms with Crippen LogP contribution in [-0.4, -0.2) is 34.0 Å². The molecule has 0 aliphatic heterocycles. The van der Waals surface area contributed by atoms with Crippen molar-refractivity contribution in [3.63, 3.8) is 0 Å². The van der Waals surface area contributed by atoms with Gasteiger partial charge in [-0.15, -0.1) is 0 Å². The summed E-state index contributed by atoms with van der Waals surface area (Å²) in [4.78, 5) is 30.2. The Morgan fingerprint density at radius 2 is 1.85 bits per heavy atom. The van der Waals surface area contributed by atoms with Crippen LogP contribution in [0.15, 0.2) is 87.8 Å². The summed E-state index contributed by atoms with van der Waals surface area (Å²) in [5, 5.41) is 5.46. The van der Waals surface area contributed by atoms with E-state index < -0.39 is 0 Å². The number of nitrogens with zero attached hydrogens (tertiary/aromatic N) is 3. The molecule has 0 saturated heterocycles. The first-order chi connectivity index (χ1) is 16.5. The second-order valence-corrected chi connectivity index (χ2v) is 8.49. The van der Waals surface area contributed by atoms with Crippen LogP contribution in [0.3, 0.4) is 0 Å². The molecular weight excluding hydrogens is 472 g/mol. The van der Waals surface area contributed by atoms with E-state index in [1.807, 2.05) is 37.3 Å². The van der Waals surface area contributed by atoms with Crippen LogP contribution >= 0.6 is 23.4 Å². The van der Waals surface area contributed by atoms with Crippen molar-refractivity contribution in [3.05, 3.63) is 93.7 Å². The van der Waals surface area contributed by atoms with E-state index in [4.69, 9.17) is 16.3 Å². The molecule has 0 aliphatic rings. The SMILES string of the molecule is CCOc1ccc(/C=N/NC(=O)CSc2nc3ccccc3c(=O)n2-c2ccc(Cl)cc2)cc1. The molecule has 4 aromatic rings. The second-order valence-electron chi connectivity index (χ2n) is 7.11. The van der Waals surface area contributed by atoms with E-state index in [9.17, 15) is 9.59 Å². The zero-order valence-corrected chi connectivity index (χ0v) is 19.8. The highest BCUT2D eigenvalue weighted by Gasteiger charge is 2.14. The van der Waals surface area contributed by atoms with Gasteiger partial charge in [-0.05, 0) is 73.2 Å². The molecule has 1 aromatic heterocycles. The van der Waals surface area contributed by atoms with E-state index in [1.165, 1.54) is 4.57 Å². The van der Waals surface area contributed by atoms with Crippen molar-refractivity contribution in [2.75, 3.05) is 12.4 Å². The quantitative estimate of drug-likeness (QED) is 0.167. The average molecular weight is 493 g/mol. The molecular formula is C25H21ClN4O3S. The van der Waals surface area contributed by atoms with Crippen LogP contribution in [0.1, 0.15) is 12.5 Å². The van der Waals surface area contributed by atoms with Crippen LogP contribution in [0.25, 0.3) is 16.6 Å². The highest BCUT2D eigenvalue weighted by Crippen LogP contribution is 2.22. The number of hydrogen-bond donors (Lipinski definition) is 1. The Kier molecular flexibility index (Phi) is 7.61. The number of halogens is 1. The minimum atomic E-state index is -0.322. The van der Waals surface area contributed by atoms with Crippen LogP contribution in [0.5, 0.6) is 5.75 Å². The summed E-state index contributed by atoms with van der Waals surface area (Å²) in [5.41, 5.74) is 4.29. The van der Waals surface area contributed by atoms with Gasteiger partial charge in [0.25, 0.3) is 11.5 Å². The topological polar surface area (TPSA) is 85.6 Å². The average Bonchev–Trinajstić information content (AvgIpc) is 2.85. The lowest BCUT2D eigenvalue weighted by Crippen LogP contribution is -2.24. The van der Waals surface area contributed by atoms with Crippen molar-refractivity contribution in [2.45, 2.75) is 12.1 Å². The minimum Gasteiger partial charge on any atom is -0.494 e. The zero-order chi connectivity index (χ0) is 23.9. The van der Waals surface area contributed by atoms with E-state index in [-0.39, 0.29) is 17.2 Å². The summed E-state index contributed by atoms with van der Waals surface area (Å²) >= 11 is 7.16. The van der Waals surface area contributed by atoms with Gasteiger partial charge in [-0.25, -0.2) is 10.4 Å². The van der Waals surface area contributed by atoms with E-state index in [0.29, 0.717) is 33.4 Å². The third-order valence-corrected chi connectivity index (χ3v) is 5.95. The van der Waals surface area contributed by atoms with Gasteiger partial charge in [0.05, 0.1) is 35.2 Å². The fourth-order valence-electron chi connectivity index (χ4n) is 3.18. The maximum Gasteiger partial charge on any atom is 0.266 e. The number of hydrogen-bond acceptors (Lipinski definition) is 6. The van der Waals surface area contributed by atoms with Gasteiger partial charge in [0.1, 0.15) is 5.75 Å². The van der Waals surface area contributed by atoms with Gasteiger partial charge < -0.3 is 4.74 Å². The summed E-state index contributed by atoms with van der Waals surface area (Å²) in [5.74, 6) is 0.478. The Morgan fingerprint density at radius 1 is 1.12 bits per heavy atom. The van der Waals surface area contributed by atoms with E-state index in [2.05, 4.69) is 15.5 Å². The number of thioether (sulfide) groups is 1. The summed E-state index contributed by atoms with van der Waals surface area (Å²) in [6, 6.07) is 21.4. The normalized spacial score (nSPS) is 11.1. The van der Waals surface area contributed by atoms with Crippen molar-refractivity contribution < 1.29 is 9.53 Å². The summed E-state index contributed by atoms with van der Waals surface area (Å²) in [7, 11) is 0. The number of para-hydroxylation sites is 1. The molecule has 0 radical (unpaired) electrons. The monoisotopic (exact) mass is 492 g/mol. The Balaban J connectivity index is 1.50. The summed E-state index contributed by atoms with van der Waals surface area (Å²) < 4.78 is 6.89. The number of benzene rings is 3. The third-order valence-electron chi connectivity index (χ3n) is 4.76. The Hall–Kier alpha value is -3.62. The number of carbonyl (C=O) groups is 1. The van der Waals surface area contributed by atoms with Crippen molar-refractivity contribution in [2.24, 2.45) is 5.10 Å². The predicted molar refractivity (Wildman–Crippen MR) is 136 cm³/mol. The number of fused-ring (bicyclic) bond motifs is 1. The Bertz CT molecular complexity index is 1390. The molecule has 0 aliphatic carbocycles. The van der Waals surface area contributed by atoms with Crippen LogP contribution in [0.4, 0.5) is 0 Å². The van der Waals surface area contributed by atoms with E-state index >= 15 is 0 Å². The first-order valence-electron chi connectivity index (χ1n) is 10.5. The molecule has 9 heteroatoms. The fraction of sp³-hybridized carbons (Fsp3) is 0.120. The lowest BCUT2D eigenvalue weighted by atomic mass is 10.2. The van der Waals surface area contributed by atoms with Crippen molar-refractivity contribution in [1.82, 2.24) is 15.0 Å². The third kappa shape index (κ3) is 5.65. The zero-order valence-electron chi connectivity index (χ0n) is 18.3. The Labute approximate surface area is 205 Å². The van der Waals surface area contributed by atoms with Crippen LogP contribution < -0.4 is 15.7 Å². The lowest BCUT2D eigenvalue weighted by Gasteiger charge is -2.13. The van der Waals surface area contributed by atoms with Gasteiger partial charge in [-0.1, -0.05) is 35.5 Å². The minimum absolute atomic E-state index is 0.0268. The molecule has 1 heterocycles. The molecule has 0 atom stereocenters. The molecule has 0 bridgehead atoms. The molecule has 4 rings (SSSR count). The van der Waals surface area contributed by atoms with Gasteiger partial charge in [0.15, 0.2) is 5.16 Å². The first kappa shape index (κ1) is 23.5. The smallest absolute Gasteiger partial charge is 0.266 e. The molecule has 0 spiro atoms. The Morgan fingerprint density at radius 3 is 2.59 bits per heavy atom. The number of nitrogens with one attached hydrogen (secondary N) is 1. The van der Waals surface area contributed by atoms with Crippen LogP contribution in [0, 0.1) is 0 Å². The molecule has 1 amide bonds. The summed E-state index contributed by atoms with van der Waals surface area (Å²) in [6.07, 6.45) is 1.55. The highest BCUT2D eigenvalue weighted by molar-refractivity contribution is 7.99. The highest BCUT2D eigenvalue weighted by atomic mass is 35.5. The number of aromatic nitrogens is 2. The molecule has 1 N–H and O–H groups in total. The van der Waals surface area contributed by atoms with Gasteiger partial charge in [0, 0.05) is 5.02 Å². The number of rotatable bonds is 8. The van der Waals surface area contributed by atoms with Gasteiger partial charge in [0.2, 0.25) is 0 Å². The van der Waals surface area contributed by atoms with E-state index in [1.54, 1.807) is 48.7 Å². The second kappa shape index (κ2) is 11.0. The molecule has 0 unspecified atom stereocenters. The number of ether oxygens (including phenoxy) is 1. The lowest BCUT2D eigenvalue weighted by molar-refractivity contribution is -0.118. The molecule has 34 heavy (non-hydrogen) atoms. The van der Waals surface area contributed by atoms with Crippen LogP contribution in [0.2, 0.25) is 5.02 Å². The first-order valence-corrected chi connectivity index (χ1v) is 11.9. The van der Waals surface area contributed by atoms with Crippen molar-refractivity contribution in [3.8, 4) is 11.4 Å².